The first-order valence-corrected chi connectivity index (χ1v) is 8.95. The van der Waals surface area contributed by atoms with Gasteiger partial charge in [-0.3, -0.25) is 4.68 Å². The summed E-state index contributed by atoms with van der Waals surface area (Å²) in [6, 6.07) is 7.73. The van der Waals surface area contributed by atoms with Crippen LogP contribution in [0.4, 0.5) is 13.2 Å². The van der Waals surface area contributed by atoms with Crippen LogP contribution in [0.5, 0.6) is 5.75 Å². The molecule has 1 aliphatic rings. The van der Waals surface area contributed by atoms with Crippen molar-refractivity contribution in [1.82, 2.24) is 19.9 Å². The Balaban J connectivity index is 1.57. The van der Waals surface area contributed by atoms with E-state index < -0.39 is 12.7 Å². The average Bonchev–Trinajstić information content (AvgIpc) is 3.21. The van der Waals surface area contributed by atoms with Crippen molar-refractivity contribution in [2.45, 2.75) is 45.3 Å². The Bertz CT molecular complexity index is 993. The Morgan fingerprint density at radius 3 is 2.79 bits per heavy atom. The van der Waals surface area contributed by atoms with E-state index in [1.807, 2.05) is 24.3 Å². The lowest BCUT2D eigenvalue weighted by Gasteiger charge is -2.23. The topological polar surface area (TPSA) is 66.0 Å². The van der Waals surface area contributed by atoms with Gasteiger partial charge < -0.3 is 9.26 Å². The number of alkyl halides is 3. The summed E-state index contributed by atoms with van der Waals surface area (Å²) in [7, 11) is 0. The molecule has 0 saturated carbocycles. The van der Waals surface area contributed by atoms with Crippen LogP contribution >= 0.6 is 0 Å². The lowest BCUT2D eigenvalue weighted by Crippen LogP contribution is -2.19. The molecular weight excluding hydrogens is 373 g/mol. The van der Waals surface area contributed by atoms with Gasteiger partial charge in [0.25, 0.3) is 0 Å². The molecule has 1 atom stereocenters. The first kappa shape index (κ1) is 18.5. The fourth-order valence-corrected chi connectivity index (χ4v) is 3.56. The van der Waals surface area contributed by atoms with Gasteiger partial charge in [0, 0.05) is 16.8 Å². The van der Waals surface area contributed by atoms with Crippen molar-refractivity contribution < 1.29 is 22.4 Å². The Hall–Kier alpha value is -2.84. The number of nitrogens with zero attached hydrogens (tertiary/aromatic N) is 4. The molecule has 0 amide bonds. The van der Waals surface area contributed by atoms with E-state index in [0.29, 0.717) is 35.3 Å². The standard InChI is InChI=1S/C19H19F3N4O2/c1-11-15(12(2)26(24-11)10-19(20,21)22)9-17-23-18(25-28-17)14-7-8-27-16-6-4-3-5-13(14)16/h3-6,14H,7-10H2,1-2H3. The molecule has 9 heteroatoms. The van der Waals surface area contributed by atoms with E-state index >= 15 is 0 Å². The summed E-state index contributed by atoms with van der Waals surface area (Å²) in [6.07, 6.45) is -3.35. The van der Waals surface area contributed by atoms with Gasteiger partial charge >= 0.3 is 6.18 Å². The Kier molecular flexibility index (Phi) is 4.60. The molecule has 0 bridgehead atoms. The van der Waals surface area contributed by atoms with Gasteiger partial charge in [0.15, 0.2) is 5.82 Å². The van der Waals surface area contributed by atoms with Gasteiger partial charge in [0.2, 0.25) is 5.89 Å². The number of rotatable bonds is 4. The van der Waals surface area contributed by atoms with Crippen LogP contribution in [-0.4, -0.2) is 32.7 Å². The molecule has 0 fully saturated rings. The van der Waals surface area contributed by atoms with Crippen LogP contribution in [0.1, 0.15) is 46.6 Å². The van der Waals surface area contributed by atoms with Crippen LogP contribution in [0.3, 0.4) is 0 Å². The molecule has 2 aromatic heterocycles. The highest BCUT2D eigenvalue weighted by Crippen LogP contribution is 2.36. The van der Waals surface area contributed by atoms with E-state index in [2.05, 4.69) is 15.2 Å². The summed E-state index contributed by atoms with van der Waals surface area (Å²) in [5, 5.41) is 8.12. The van der Waals surface area contributed by atoms with E-state index in [1.165, 1.54) is 0 Å². The maximum absolute atomic E-state index is 12.7. The lowest BCUT2D eigenvalue weighted by molar-refractivity contribution is -0.142. The zero-order valence-electron chi connectivity index (χ0n) is 15.5. The normalized spacial score (nSPS) is 16.7. The summed E-state index contributed by atoms with van der Waals surface area (Å²) in [4.78, 5) is 4.50. The van der Waals surface area contributed by atoms with Gasteiger partial charge in [-0.15, -0.1) is 0 Å². The largest absolute Gasteiger partial charge is 0.493 e. The second kappa shape index (κ2) is 6.96. The van der Waals surface area contributed by atoms with Crippen molar-refractivity contribution >= 4 is 0 Å². The molecular formula is C19H19F3N4O2. The minimum absolute atomic E-state index is 0.0300. The first-order valence-electron chi connectivity index (χ1n) is 8.95. The highest BCUT2D eigenvalue weighted by Gasteiger charge is 2.31. The number of hydrogen-bond donors (Lipinski definition) is 0. The molecule has 3 aromatic rings. The minimum Gasteiger partial charge on any atom is -0.493 e. The number of halogens is 3. The first-order chi connectivity index (χ1) is 13.3. The quantitative estimate of drug-likeness (QED) is 0.673. The van der Waals surface area contributed by atoms with Gasteiger partial charge in [0.1, 0.15) is 12.3 Å². The van der Waals surface area contributed by atoms with Crippen molar-refractivity contribution in [3.8, 4) is 5.75 Å². The third kappa shape index (κ3) is 3.61. The molecule has 4 rings (SSSR count). The van der Waals surface area contributed by atoms with E-state index in [4.69, 9.17) is 9.26 Å². The second-order valence-electron chi connectivity index (χ2n) is 6.87. The lowest BCUT2D eigenvalue weighted by atomic mass is 9.92. The summed E-state index contributed by atoms with van der Waals surface area (Å²) in [5.74, 6) is 1.70. The van der Waals surface area contributed by atoms with E-state index in [0.717, 1.165) is 22.4 Å². The summed E-state index contributed by atoms with van der Waals surface area (Å²) < 4.78 is 50.2. The van der Waals surface area contributed by atoms with Crippen LogP contribution in [0.2, 0.25) is 0 Å². The molecule has 0 saturated heterocycles. The van der Waals surface area contributed by atoms with Crippen molar-refractivity contribution in [3.05, 3.63) is 58.5 Å². The molecule has 1 aromatic carbocycles. The SMILES string of the molecule is Cc1nn(CC(F)(F)F)c(C)c1Cc1nc(C2CCOc3ccccc32)no1. The summed E-state index contributed by atoms with van der Waals surface area (Å²) in [6.45, 7) is 2.75. The van der Waals surface area contributed by atoms with Crippen molar-refractivity contribution in [1.29, 1.82) is 0 Å². The zero-order valence-corrected chi connectivity index (χ0v) is 15.5. The van der Waals surface area contributed by atoms with Gasteiger partial charge in [-0.2, -0.15) is 23.3 Å². The van der Waals surface area contributed by atoms with Gasteiger partial charge in [-0.1, -0.05) is 23.4 Å². The minimum atomic E-state index is -4.32. The molecule has 3 heterocycles. The van der Waals surface area contributed by atoms with Crippen molar-refractivity contribution in [3.63, 3.8) is 0 Å². The number of fused-ring (bicyclic) bond motifs is 1. The highest BCUT2D eigenvalue weighted by atomic mass is 19.4. The van der Waals surface area contributed by atoms with Gasteiger partial charge in [-0.05, 0) is 26.3 Å². The van der Waals surface area contributed by atoms with E-state index in [1.54, 1.807) is 13.8 Å². The predicted octanol–water partition coefficient (Wildman–Crippen LogP) is 3.95. The maximum atomic E-state index is 12.7. The van der Waals surface area contributed by atoms with Crippen LogP contribution < -0.4 is 4.74 Å². The molecule has 0 N–H and O–H groups in total. The van der Waals surface area contributed by atoms with Crippen LogP contribution in [0.25, 0.3) is 0 Å². The fourth-order valence-electron chi connectivity index (χ4n) is 3.56. The van der Waals surface area contributed by atoms with E-state index in [9.17, 15) is 13.2 Å². The van der Waals surface area contributed by atoms with Crippen LogP contribution in [-0.2, 0) is 13.0 Å². The third-order valence-corrected chi connectivity index (χ3v) is 4.94. The molecule has 28 heavy (non-hydrogen) atoms. The molecule has 0 aliphatic carbocycles. The summed E-state index contributed by atoms with van der Waals surface area (Å²) in [5.41, 5.74) is 2.65. The predicted molar refractivity (Wildman–Crippen MR) is 93.3 cm³/mol. The Labute approximate surface area is 159 Å². The Morgan fingerprint density at radius 1 is 1.21 bits per heavy atom. The van der Waals surface area contributed by atoms with Crippen LogP contribution in [0, 0.1) is 13.8 Å². The summed E-state index contributed by atoms with van der Waals surface area (Å²) >= 11 is 0. The zero-order chi connectivity index (χ0) is 19.9. The van der Waals surface area contributed by atoms with E-state index in [-0.39, 0.29) is 12.3 Å². The molecule has 6 nitrogen and oxygen atoms in total. The van der Waals surface area contributed by atoms with Crippen molar-refractivity contribution in [2.24, 2.45) is 0 Å². The number of hydrogen-bond acceptors (Lipinski definition) is 5. The molecule has 148 valence electrons. The number of aryl methyl sites for hydroxylation is 1. The van der Waals surface area contributed by atoms with Gasteiger partial charge in [-0.25, -0.2) is 0 Å². The molecule has 0 spiro atoms. The van der Waals surface area contributed by atoms with Crippen LogP contribution in [0.15, 0.2) is 28.8 Å². The molecule has 0 radical (unpaired) electrons. The van der Waals surface area contributed by atoms with Crippen molar-refractivity contribution in [2.75, 3.05) is 6.61 Å². The molecule has 1 unspecified atom stereocenters. The number of aromatic nitrogens is 4. The maximum Gasteiger partial charge on any atom is 0.408 e. The monoisotopic (exact) mass is 392 g/mol. The smallest absolute Gasteiger partial charge is 0.408 e. The van der Waals surface area contributed by atoms with Gasteiger partial charge in [0.05, 0.1) is 24.6 Å². The fraction of sp³-hybridized carbons (Fsp3) is 0.421. The highest BCUT2D eigenvalue weighted by molar-refractivity contribution is 5.40. The third-order valence-electron chi connectivity index (χ3n) is 4.94. The number of para-hydroxylation sites is 1. The molecule has 1 aliphatic heterocycles. The number of ether oxygens (including phenoxy) is 1. The average molecular weight is 392 g/mol. The number of benzene rings is 1. The Morgan fingerprint density at radius 2 is 2.00 bits per heavy atom. The second-order valence-corrected chi connectivity index (χ2v) is 6.87.